The SMILES string of the molecule is COc1ccc(CCC(C)NC(=O)C2CNCCO2)cc1. The van der Waals surface area contributed by atoms with Gasteiger partial charge in [-0.15, -0.1) is 0 Å². The van der Waals surface area contributed by atoms with E-state index in [2.05, 4.69) is 22.8 Å². The summed E-state index contributed by atoms with van der Waals surface area (Å²) in [5.41, 5.74) is 1.24. The van der Waals surface area contributed by atoms with Crippen LogP contribution in [-0.4, -0.2) is 44.9 Å². The lowest BCUT2D eigenvalue weighted by Gasteiger charge is -2.24. The van der Waals surface area contributed by atoms with Crippen molar-refractivity contribution in [2.45, 2.75) is 31.9 Å². The molecule has 116 valence electrons. The summed E-state index contributed by atoms with van der Waals surface area (Å²) in [5.74, 6) is 0.839. The molecule has 0 aromatic heterocycles. The van der Waals surface area contributed by atoms with Crippen LogP contribution in [-0.2, 0) is 16.0 Å². The molecule has 0 radical (unpaired) electrons. The quantitative estimate of drug-likeness (QED) is 0.825. The van der Waals surface area contributed by atoms with E-state index in [4.69, 9.17) is 9.47 Å². The third-order valence-electron chi connectivity index (χ3n) is 3.63. The van der Waals surface area contributed by atoms with E-state index in [-0.39, 0.29) is 18.1 Å². The van der Waals surface area contributed by atoms with Crippen LogP contribution in [0.1, 0.15) is 18.9 Å². The van der Waals surface area contributed by atoms with Crippen LogP contribution in [0.15, 0.2) is 24.3 Å². The Balaban J connectivity index is 1.73. The van der Waals surface area contributed by atoms with Gasteiger partial charge in [-0.3, -0.25) is 4.79 Å². The molecule has 2 rings (SSSR count). The van der Waals surface area contributed by atoms with Crippen molar-refractivity contribution in [3.05, 3.63) is 29.8 Å². The van der Waals surface area contributed by atoms with Crippen molar-refractivity contribution in [1.29, 1.82) is 0 Å². The Kier molecular flexibility index (Phi) is 6.02. The molecule has 0 bridgehead atoms. The number of aryl methyl sites for hydroxylation is 1. The summed E-state index contributed by atoms with van der Waals surface area (Å²) >= 11 is 0. The van der Waals surface area contributed by atoms with Crippen molar-refractivity contribution in [2.75, 3.05) is 26.8 Å². The molecule has 1 aliphatic rings. The summed E-state index contributed by atoms with van der Waals surface area (Å²) in [6.45, 7) is 4.03. The zero-order valence-electron chi connectivity index (χ0n) is 12.7. The van der Waals surface area contributed by atoms with Gasteiger partial charge in [0.2, 0.25) is 0 Å². The van der Waals surface area contributed by atoms with Crippen LogP contribution in [0.2, 0.25) is 0 Å². The molecule has 1 aliphatic heterocycles. The lowest BCUT2D eigenvalue weighted by atomic mass is 10.1. The third-order valence-corrected chi connectivity index (χ3v) is 3.63. The lowest BCUT2D eigenvalue weighted by Crippen LogP contribution is -2.49. The molecular weight excluding hydrogens is 268 g/mol. The molecule has 2 N–H and O–H groups in total. The molecule has 2 unspecified atom stereocenters. The Labute approximate surface area is 126 Å². The van der Waals surface area contributed by atoms with Gasteiger partial charge in [0.15, 0.2) is 0 Å². The maximum absolute atomic E-state index is 12.0. The highest BCUT2D eigenvalue weighted by atomic mass is 16.5. The van der Waals surface area contributed by atoms with Crippen molar-refractivity contribution < 1.29 is 14.3 Å². The topological polar surface area (TPSA) is 59.6 Å². The van der Waals surface area contributed by atoms with Crippen molar-refractivity contribution in [3.8, 4) is 5.75 Å². The average Bonchev–Trinajstić information content (AvgIpc) is 2.54. The molecule has 1 heterocycles. The number of hydrogen-bond donors (Lipinski definition) is 2. The number of benzene rings is 1. The van der Waals surface area contributed by atoms with Crippen LogP contribution in [0.5, 0.6) is 5.75 Å². The normalized spacial score (nSPS) is 19.8. The number of ether oxygens (including phenoxy) is 2. The van der Waals surface area contributed by atoms with Crippen LogP contribution in [0.3, 0.4) is 0 Å². The fourth-order valence-corrected chi connectivity index (χ4v) is 2.32. The summed E-state index contributed by atoms with van der Waals surface area (Å²) in [6.07, 6.45) is 1.47. The Morgan fingerprint density at radius 1 is 1.48 bits per heavy atom. The van der Waals surface area contributed by atoms with Gasteiger partial charge in [0.25, 0.3) is 5.91 Å². The second kappa shape index (κ2) is 8.00. The van der Waals surface area contributed by atoms with Crippen LogP contribution in [0.4, 0.5) is 0 Å². The number of carbonyl (C=O) groups is 1. The van der Waals surface area contributed by atoms with Gasteiger partial charge in [0, 0.05) is 19.1 Å². The van der Waals surface area contributed by atoms with Crippen molar-refractivity contribution >= 4 is 5.91 Å². The number of amides is 1. The second-order valence-corrected chi connectivity index (χ2v) is 5.36. The molecule has 0 spiro atoms. The first-order valence-corrected chi connectivity index (χ1v) is 7.44. The van der Waals surface area contributed by atoms with E-state index in [1.54, 1.807) is 7.11 Å². The summed E-state index contributed by atoms with van der Waals surface area (Å²) < 4.78 is 10.6. The van der Waals surface area contributed by atoms with Gasteiger partial charge in [-0.2, -0.15) is 0 Å². The fraction of sp³-hybridized carbons (Fsp3) is 0.562. The van der Waals surface area contributed by atoms with E-state index in [1.807, 2.05) is 19.1 Å². The van der Waals surface area contributed by atoms with E-state index in [0.717, 1.165) is 25.1 Å². The van der Waals surface area contributed by atoms with Crippen molar-refractivity contribution in [3.63, 3.8) is 0 Å². The first-order chi connectivity index (χ1) is 10.2. The van der Waals surface area contributed by atoms with Gasteiger partial charge in [-0.05, 0) is 37.5 Å². The number of rotatable bonds is 6. The lowest BCUT2D eigenvalue weighted by molar-refractivity contribution is -0.134. The zero-order valence-corrected chi connectivity index (χ0v) is 12.7. The predicted octanol–water partition coefficient (Wildman–Crippen LogP) is 1.12. The van der Waals surface area contributed by atoms with Crippen molar-refractivity contribution in [1.82, 2.24) is 10.6 Å². The molecule has 1 fully saturated rings. The highest BCUT2D eigenvalue weighted by molar-refractivity contribution is 5.81. The van der Waals surface area contributed by atoms with E-state index in [9.17, 15) is 4.79 Å². The maximum Gasteiger partial charge on any atom is 0.250 e. The van der Waals surface area contributed by atoms with Crippen LogP contribution in [0, 0.1) is 0 Å². The Hall–Kier alpha value is -1.59. The van der Waals surface area contributed by atoms with E-state index in [1.165, 1.54) is 5.56 Å². The van der Waals surface area contributed by atoms with E-state index >= 15 is 0 Å². The van der Waals surface area contributed by atoms with Gasteiger partial charge in [0.05, 0.1) is 13.7 Å². The summed E-state index contributed by atoms with van der Waals surface area (Å²) in [7, 11) is 1.66. The zero-order chi connectivity index (χ0) is 15.1. The molecule has 5 heteroatoms. The molecule has 1 amide bonds. The minimum absolute atomic E-state index is 0.0237. The van der Waals surface area contributed by atoms with Crippen molar-refractivity contribution in [2.24, 2.45) is 0 Å². The molecule has 1 aromatic rings. The molecule has 2 atom stereocenters. The Morgan fingerprint density at radius 3 is 2.86 bits per heavy atom. The summed E-state index contributed by atoms with van der Waals surface area (Å²) in [5, 5.41) is 6.17. The predicted molar refractivity (Wildman–Crippen MR) is 81.5 cm³/mol. The molecule has 0 saturated carbocycles. The number of hydrogen-bond acceptors (Lipinski definition) is 4. The molecular formula is C16H24N2O3. The van der Waals surface area contributed by atoms with Crippen LogP contribution in [0.25, 0.3) is 0 Å². The number of nitrogens with one attached hydrogen (secondary N) is 2. The number of methoxy groups -OCH3 is 1. The minimum Gasteiger partial charge on any atom is -0.497 e. The summed E-state index contributed by atoms with van der Waals surface area (Å²) in [4.78, 5) is 12.0. The molecule has 5 nitrogen and oxygen atoms in total. The number of morpholine rings is 1. The molecule has 0 aliphatic carbocycles. The fourth-order valence-electron chi connectivity index (χ4n) is 2.32. The molecule has 1 saturated heterocycles. The highest BCUT2D eigenvalue weighted by Gasteiger charge is 2.22. The van der Waals surface area contributed by atoms with Gasteiger partial charge in [0.1, 0.15) is 11.9 Å². The third kappa shape index (κ3) is 5.02. The highest BCUT2D eigenvalue weighted by Crippen LogP contribution is 2.13. The standard InChI is InChI=1S/C16H24N2O3/c1-12(18-16(19)15-11-17-9-10-21-15)3-4-13-5-7-14(20-2)8-6-13/h5-8,12,15,17H,3-4,9-11H2,1-2H3,(H,18,19). The largest absolute Gasteiger partial charge is 0.497 e. The van der Waals surface area contributed by atoms with Crippen LogP contribution < -0.4 is 15.4 Å². The van der Waals surface area contributed by atoms with Gasteiger partial charge in [-0.25, -0.2) is 0 Å². The molecule has 1 aromatic carbocycles. The van der Waals surface area contributed by atoms with E-state index in [0.29, 0.717) is 13.2 Å². The second-order valence-electron chi connectivity index (χ2n) is 5.36. The Morgan fingerprint density at radius 2 is 2.24 bits per heavy atom. The van der Waals surface area contributed by atoms with Gasteiger partial charge < -0.3 is 20.1 Å². The molecule has 21 heavy (non-hydrogen) atoms. The smallest absolute Gasteiger partial charge is 0.250 e. The van der Waals surface area contributed by atoms with Gasteiger partial charge >= 0.3 is 0 Å². The van der Waals surface area contributed by atoms with Crippen LogP contribution >= 0.6 is 0 Å². The first kappa shape index (κ1) is 15.8. The summed E-state index contributed by atoms with van der Waals surface area (Å²) in [6, 6.07) is 8.16. The first-order valence-electron chi connectivity index (χ1n) is 7.44. The van der Waals surface area contributed by atoms with Gasteiger partial charge in [-0.1, -0.05) is 12.1 Å². The maximum atomic E-state index is 12.0. The monoisotopic (exact) mass is 292 g/mol. The average molecular weight is 292 g/mol. The Bertz CT molecular complexity index is 441. The van der Waals surface area contributed by atoms with E-state index < -0.39 is 0 Å². The minimum atomic E-state index is -0.359. The number of carbonyl (C=O) groups excluding carboxylic acids is 1.